The van der Waals surface area contributed by atoms with Crippen LogP contribution in [0.2, 0.25) is 0 Å². The van der Waals surface area contributed by atoms with Gasteiger partial charge < -0.3 is 33.3 Å². The predicted molar refractivity (Wildman–Crippen MR) is 361 cm³/mol. The third-order valence-electron chi connectivity index (χ3n) is 14.4. The Labute approximate surface area is 522 Å². The lowest BCUT2D eigenvalue weighted by atomic mass is 10.0. The monoisotopic (exact) mass is 1180 g/mol. The van der Waals surface area contributed by atoms with Gasteiger partial charge in [-0.15, -0.1) is 0 Å². The summed E-state index contributed by atoms with van der Waals surface area (Å²) >= 11 is 0. The summed E-state index contributed by atoms with van der Waals surface area (Å²) in [6.45, 7) is 4.52. The second kappa shape index (κ2) is 65.4. The standard InChI is InChI=1S/C76H127NO8/c1-6-8-10-12-14-16-18-20-22-24-26-28-30-32-33-34-35-36-37-38-39-40-41-43-45-47-49-51-53-55-57-59-61-63-65-67-74(79)85-72(71-84-76(75(80)81)82-69-68-77(3,4)5)70-83-73(78)66-64-62-60-58-56-54-52-50-48-46-44-42-31-29-27-25-23-21-19-17-15-13-11-9-7-2/h8-11,14-17,20-23,26-29,32-33,35-36,42,44,72,76H,6-7,12-13,18-19,24-25,30-31,34,37-41,43,45-71H2,1-5H3/b10-8-,11-9-,16-14-,17-15-,22-20-,23-21-,28-26-,29-27-,33-32-,36-35-,44-42-. The average molecular weight is 1180 g/mol. The molecule has 85 heavy (non-hydrogen) atoms. The summed E-state index contributed by atoms with van der Waals surface area (Å²) < 4.78 is 22.8. The molecule has 0 saturated heterocycles. The van der Waals surface area contributed by atoms with Gasteiger partial charge in [0.25, 0.3) is 0 Å². The number of rotatable bonds is 62. The van der Waals surface area contributed by atoms with Crippen LogP contribution in [0.25, 0.3) is 0 Å². The highest BCUT2D eigenvalue weighted by Gasteiger charge is 2.22. The molecule has 2 unspecified atom stereocenters. The summed E-state index contributed by atoms with van der Waals surface area (Å²) in [7, 11) is 5.92. The molecule has 0 aromatic carbocycles. The number of unbranched alkanes of at least 4 members (excludes halogenated alkanes) is 25. The number of carboxylic acid groups (broad SMARTS) is 1. The maximum absolute atomic E-state index is 12.9. The van der Waals surface area contributed by atoms with Gasteiger partial charge in [-0.3, -0.25) is 9.59 Å². The third kappa shape index (κ3) is 66.8. The van der Waals surface area contributed by atoms with Crippen LogP contribution in [0.5, 0.6) is 0 Å². The van der Waals surface area contributed by atoms with E-state index in [1.54, 1.807) is 0 Å². The highest BCUT2D eigenvalue weighted by atomic mass is 16.7. The number of carbonyl (C=O) groups excluding carboxylic acids is 3. The first-order chi connectivity index (χ1) is 41.6. The van der Waals surface area contributed by atoms with Gasteiger partial charge in [-0.2, -0.15) is 0 Å². The zero-order valence-electron chi connectivity index (χ0n) is 55.2. The molecule has 2 atom stereocenters. The number of allylic oxidation sites excluding steroid dienone is 22. The van der Waals surface area contributed by atoms with Crippen molar-refractivity contribution < 1.29 is 42.9 Å². The van der Waals surface area contributed by atoms with Gasteiger partial charge in [0.1, 0.15) is 13.2 Å². The van der Waals surface area contributed by atoms with Crippen molar-refractivity contribution in [3.05, 3.63) is 134 Å². The first kappa shape index (κ1) is 80.4. The Hall–Kier alpha value is -4.57. The third-order valence-corrected chi connectivity index (χ3v) is 14.4. The molecule has 0 aromatic rings. The zero-order chi connectivity index (χ0) is 61.9. The number of likely N-dealkylation sites (N-methyl/N-ethyl adjacent to an activating group) is 1. The van der Waals surface area contributed by atoms with E-state index in [-0.39, 0.29) is 38.6 Å². The molecule has 0 aliphatic heterocycles. The molecule has 0 radical (unpaired) electrons. The maximum atomic E-state index is 12.9. The summed E-state index contributed by atoms with van der Waals surface area (Å²) in [5.41, 5.74) is 0. The summed E-state index contributed by atoms with van der Waals surface area (Å²) in [6.07, 6.45) is 90.9. The Morgan fingerprint density at radius 3 is 0.941 bits per heavy atom. The van der Waals surface area contributed by atoms with E-state index >= 15 is 0 Å². The number of carboxylic acids is 1. The van der Waals surface area contributed by atoms with Gasteiger partial charge in [0.2, 0.25) is 0 Å². The van der Waals surface area contributed by atoms with E-state index in [0.29, 0.717) is 17.4 Å². The highest BCUT2D eigenvalue weighted by molar-refractivity contribution is 5.70. The van der Waals surface area contributed by atoms with Crippen molar-refractivity contribution in [1.82, 2.24) is 0 Å². The summed E-state index contributed by atoms with van der Waals surface area (Å²) in [6, 6.07) is 0. The molecule has 9 nitrogen and oxygen atoms in total. The molecule has 0 aromatic heterocycles. The van der Waals surface area contributed by atoms with E-state index < -0.39 is 24.3 Å². The van der Waals surface area contributed by atoms with Crippen molar-refractivity contribution in [2.75, 3.05) is 47.5 Å². The molecular weight excluding hydrogens is 1050 g/mol. The number of ether oxygens (including phenoxy) is 4. The Morgan fingerprint density at radius 2 is 0.635 bits per heavy atom. The molecule has 484 valence electrons. The fraction of sp³-hybridized carbons (Fsp3) is 0.671. The second-order valence-electron chi connectivity index (χ2n) is 23.7. The first-order valence-electron chi connectivity index (χ1n) is 34.3. The average Bonchev–Trinajstić information content (AvgIpc) is 3.48. The van der Waals surface area contributed by atoms with Crippen LogP contribution in [0, 0.1) is 0 Å². The van der Waals surface area contributed by atoms with Crippen LogP contribution in [0.4, 0.5) is 0 Å². The highest BCUT2D eigenvalue weighted by Crippen LogP contribution is 2.17. The van der Waals surface area contributed by atoms with E-state index in [9.17, 15) is 19.5 Å². The van der Waals surface area contributed by atoms with Crippen LogP contribution in [-0.4, -0.2) is 82.3 Å². The fourth-order valence-electron chi connectivity index (χ4n) is 9.22. The number of quaternary nitrogens is 1. The van der Waals surface area contributed by atoms with Gasteiger partial charge in [-0.1, -0.05) is 282 Å². The Bertz CT molecular complexity index is 1860. The van der Waals surface area contributed by atoms with Crippen LogP contribution >= 0.6 is 0 Å². The number of hydrogen-bond acceptors (Lipinski definition) is 8. The Morgan fingerprint density at radius 1 is 0.353 bits per heavy atom. The summed E-state index contributed by atoms with van der Waals surface area (Å²) in [4.78, 5) is 37.5. The Balaban J connectivity index is 4.14. The second-order valence-corrected chi connectivity index (χ2v) is 23.7. The van der Waals surface area contributed by atoms with Crippen molar-refractivity contribution in [2.24, 2.45) is 0 Å². The summed E-state index contributed by atoms with van der Waals surface area (Å²) in [5, 5.41) is 11.8. The minimum Gasteiger partial charge on any atom is -0.545 e. The molecule has 0 bridgehead atoms. The number of carbonyl (C=O) groups is 3. The van der Waals surface area contributed by atoms with Crippen LogP contribution in [0.15, 0.2) is 134 Å². The molecular formula is C76H127NO8. The van der Waals surface area contributed by atoms with Crippen molar-refractivity contribution in [1.29, 1.82) is 0 Å². The molecule has 0 heterocycles. The molecule has 9 heteroatoms. The topological polar surface area (TPSA) is 111 Å². The lowest BCUT2D eigenvalue weighted by molar-refractivity contribution is -0.870. The van der Waals surface area contributed by atoms with Gasteiger partial charge >= 0.3 is 11.9 Å². The lowest BCUT2D eigenvalue weighted by Gasteiger charge is -2.26. The molecule has 0 spiro atoms. The molecule has 0 aliphatic rings. The number of nitrogens with zero attached hydrogens (tertiary/aromatic N) is 1. The predicted octanol–water partition coefficient (Wildman–Crippen LogP) is 20.0. The van der Waals surface area contributed by atoms with Crippen LogP contribution in [0.1, 0.15) is 271 Å². The molecule has 0 saturated carbocycles. The minimum atomic E-state index is -1.63. The lowest BCUT2D eigenvalue weighted by Crippen LogP contribution is -2.44. The maximum Gasteiger partial charge on any atom is 0.306 e. The largest absolute Gasteiger partial charge is 0.545 e. The van der Waals surface area contributed by atoms with E-state index in [4.69, 9.17) is 18.9 Å². The first-order valence-corrected chi connectivity index (χ1v) is 34.3. The zero-order valence-corrected chi connectivity index (χ0v) is 55.2. The number of esters is 2. The van der Waals surface area contributed by atoms with E-state index in [1.807, 2.05) is 21.1 Å². The van der Waals surface area contributed by atoms with Crippen LogP contribution in [0.3, 0.4) is 0 Å². The van der Waals surface area contributed by atoms with Gasteiger partial charge in [0.15, 0.2) is 12.4 Å². The van der Waals surface area contributed by atoms with Crippen molar-refractivity contribution in [3.63, 3.8) is 0 Å². The Kier molecular flexibility index (Phi) is 61.9. The van der Waals surface area contributed by atoms with Gasteiger partial charge in [-0.05, 0) is 109 Å². The van der Waals surface area contributed by atoms with Crippen molar-refractivity contribution in [3.8, 4) is 0 Å². The molecule has 0 amide bonds. The molecule has 0 rings (SSSR count). The summed E-state index contributed by atoms with van der Waals surface area (Å²) in [5.74, 6) is -2.29. The molecule has 0 N–H and O–H groups in total. The normalized spacial score (nSPS) is 13.6. The number of hydrogen-bond donors (Lipinski definition) is 0. The quantitative estimate of drug-likeness (QED) is 0.0195. The van der Waals surface area contributed by atoms with Crippen molar-refractivity contribution in [2.45, 2.75) is 283 Å². The number of aliphatic carboxylic acids is 1. The minimum absolute atomic E-state index is 0.141. The molecule has 0 aliphatic carbocycles. The smallest absolute Gasteiger partial charge is 0.306 e. The van der Waals surface area contributed by atoms with Gasteiger partial charge in [0, 0.05) is 12.8 Å². The molecule has 0 fully saturated rings. The van der Waals surface area contributed by atoms with Crippen LogP contribution < -0.4 is 5.11 Å². The van der Waals surface area contributed by atoms with Gasteiger partial charge in [0.05, 0.1) is 40.3 Å². The van der Waals surface area contributed by atoms with Gasteiger partial charge in [-0.25, -0.2) is 0 Å². The van der Waals surface area contributed by atoms with E-state index in [2.05, 4.69) is 148 Å². The van der Waals surface area contributed by atoms with E-state index in [1.165, 1.54) is 116 Å². The van der Waals surface area contributed by atoms with Crippen molar-refractivity contribution >= 4 is 17.9 Å². The van der Waals surface area contributed by atoms with Crippen LogP contribution in [-0.2, 0) is 33.3 Å². The van der Waals surface area contributed by atoms with E-state index in [0.717, 1.165) is 122 Å². The fourth-order valence-corrected chi connectivity index (χ4v) is 9.22. The SMILES string of the molecule is CC/C=C\C/C=C\C/C=C\C/C=C\C/C=C\C/C=C\CCCCCCCCCCCCCCCCCCC(=O)OC(COC(=O)CCCCCCCCCCC/C=C\C/C=C\C/C=C\C/C=C\C/C=C\CC)COC(OCC[N+](C)(C)C)C(=O)[O-].